The van der Waals surface area contributed by atoms with Gasteiger partial charge in [-0.05, 0) is 0 Å². The monoisotopic (exact) mass is 152 g/mol. The van der Waals surface area contributed by atoms with Crippen LogP contribution in [0.1, 0.15) is 16.8 Å². The Labute approximate surface area is 63.8 Å². The molecule has 0 aliphatic heterocycles. The largest absolute Gasteiger partial charge is 0.303 e. The van der Waals surface area contributed by atoms with Crippen molar-refractivity contribution in [2.75, 3.05) is 0 Å². The number of aryl methyl sites for hydroxylation is 1. The number of rotatable bonds is 3. The van der Waals surface area contributed by atoms with Crippen LogP contribution in [0.2, 0.25) is 0 Å². The summed E-state index contributed by atoms with van der Waals surface area (Å²) in [5, 5.41) is 3.80. The molecule has 0 saturated carbocycles. The lowest BCUT2D eigenvalue weighted by Crippen LogP contribution is -1.97. The van der Waals surface area contributed by atoms with Gasteiger partial charge in [-0.1, -0.05) is 0 Å². The summed E-state index contributed by atoms with van der Waals surface area (Å²) in [4.78, 5) is 20.9. The van der Waals surface area contributed by atoms with Crippen molar-refractivity contribution in [3.05, 3.63) is 18.0 Å². The molecule has 4 heteroatoms. The molecule has 0 bridgehead atoms. The Bertz CT molecular complexity index is 278. The summed E-state index contributed by atoms with van der Waals surface area (Å²) in [5.41, 5.74) is 0.486. The zero-order valence-corrected chi connectivity index (χ0v) is 6.15. The fourth-order valence-electron chi connectivity index (χ4n) is 0.759. The molecule has 0 aliphatic rings. The van der Waals surface area contributed by atoms with Crippen LogP contribution in [-0.2, 0) is 11.8 Å². The third-order valence-electron chi connectivity index (χ3n) is 1.30. The summed E-state index contributed by atoms with van der Waals surface area (Å²) < 4.78 is 1.53. The minimum absolute atomic E-state index is 0.0638. The SMILES string of the molecule is Cn1cc(C(=O)CC=O)cn1. The minimum atomic E-state index is -0.187. The van der Waals surface area contributed by atoms with E-state index in [1.807, 2.05) is 0 Å². The Hall–Kier alpha value is -1.45. The molecule has 0 aliphatic carbocycles. The summed E-state index contributed by atoms with van der Waals surface area (Å²) in [5.74, 6) is -0.187. The van der Waals surface area contributed by atoms with Crippen LogP contribution in [0.4, 0.5) is 0 Å². The van der Waals surface area contributed by atoms with E-state index in [0.717, 1.165) is 0 Å². The van der Waals surface area contributed by atoms with Gasteiger partial charge in [0.1, 0.15) is 6.29 Å². The molecule has 58 valence electrons. The maximum Gasteiger partial charge on any atom is 0.173 e. The van der Waals surface area contributed by atoms with Crippen LogP contribution in [0.25, 0.3) is 0 Å². The standard InChI is InChI=1S/C7H8N2O2/c1-9-5-6(4-8-9)7(11)2-3-10/h3-5H,2H2,1H3. The molecule has 1 aromatic rings. The Balaban J connectivity index is 2.76. The summed E-state index contributed by atoms with van der Waals surface area (Å²) in [6.07, 6.45) is 3.57. The Morgan fingerprint density at radius 2 is 2.55 bits per heavy atom. The highest BCUT2D eigenvalue weighted by Gasteiger charge is 2.05. The van der Waals surface area contributed by atoms with Gasteiger partial charge in [-0.25, -0.2) is 0 Å². The highest BCUT2D eigenvalue weighted by molar-refractivity contribution is 6.02. The van der Waals surface area contributed by atoms with Crippen LogP contribution >= 0.6 is 0 Å². The van der Waals surface area contributed by atoms with E-state index < -0.39 is 0 Å². The second kappa shape index (κ2) is 3.09. The summed E-state index contributed by atoms with van der Waals surface area (Å²) in [6.45, 7) is 0. The first-order valence-electron chi connectivity index (χ1n) is 3.19. The number of carbonyl (C=O) groups is 2. The average molecular weight is 152 g/mol. The van der Waals surface area contributed by atoms with Crippen molar-refractivity contribution in [1.29, 1.82) is 0 Å². The molecule has 1 aromatic heterocycles. The van der Waals surface area contributed by atoms with Crippen molar-refractivity contribution in [2.24, 2.45) is 7.05 Å². The molecule has 4 nitrogen and oxygen atoms in total. The molecule has 0 unspecified atom stereocenters. The molecule has 1 heterocycles. The summed E-state index contributed by atoms with van der Waals surface area (Å²) in [7, 11) is 1.72. The van der Waals surface area contributed by atoms with E-state index in [4.69, 9.17) is 0 Å². The van der Waals surface area contributed by atoms with Gasteiger partial charge in [0, 0.05) is 13.2 Å². The summed E-state index contributed by atoms with van der Waals surface area (Å²) in [6, 6.07) is 0. The fourth-order valence-corrected chi connectivity index (χ4v) is 0.759. The fraction of sp³-hybridized carbons (Fsp3) is 0.286. The average Bonchev–Trinajstić information content (AvgIpc) is 2.36. The first kappa shape index (κ1) is 7.65. The first-order chi connectivity index (χ1) is 5.24. The molecule has 0 saturated heterocycles. The predicted octanol–water partition coefficient (Wildman–Crippen LogP) is 0.192. The van der Waals surface area contributed by atoms with Crippen LogP contribution < -0.4 is 0 Å². The van der Waals surface area contributed by atoms with Crippen molar-refractivity contribution in [1.82, 2.24) is 9.78 Å². The maximum absolute atomic E-state index is 11.0. The number of nitrogens with zero attached hydrogens (tertiary/aromatic N) is 2. The van der Waals surface area contributed by atoms with Crippen LogP contribution in [-0.4, -0.2) is 21.8 Å². The van der Waals surface area contributed by atoms with Gasteiger partial charge in [0.25, 0.3) is 0 Å². The molecule has 0 amide bonds. The van der Waals surface area contributed by atoms with Gasteiger partial charge in [-0.3, -0.25) is 9.48 Å². The lowest BCUT2D eigenvalue weighted by Gasteiger charge is -1.86. The van der Waals surface area contributed by atoms with Gasteiger partial charge in [0.15, 0.2) is 5.78 Å². The number of aldehydes is 1. The van der Waals surface area contributed by atoms with Crippen LogP contribution in [0, 0.1) is 0 Å². The molecule has 0 fully saturated rings. The van der Waals surface area contributed by atoms with E-state index >= 15 is 0 Å². The number of hydrogen-bond acceptors (Lipinski definition) is 3. The number of ketones is 1. The Morgan fingerprint density at radius 3 is 3.00 bits per heavy atom. The van der Waals surface area contributed by atoms with E-state index in [-0.39, 0.29) is 12.2 Å². The van der Waals surface area contributed by atoms with Gasteiger partial charge in [-0.2, -0.15) is 5.10 Å². The Kier molecular flexibility index (Phi) is 2.15. The number of aromatic nitrogens is 2. The van der Waals surface area contributed by atoms with E-state index in [1.165, 1.54) is 10.9 Å². The lowest BCUT2D eigenvalue weighted by atomic mass is 10.2. The molecule has 0 radical (unpaired) electrons. The van der Waals surface area contributed by atoms with Gasteiger partial charge in [0.2, 0.25) is 0 Å². The molecular formula is C7H8N2O2. The molecule has 0 spiro atoms. The van der Waals surface area contributed by atoms with E-state index in [9.17, 15) is 9.59 Å². The number of Topliss-reactive ketones (excluding diaryl/α,β-unsaturated/α-hetero) is 1. The van der Waals surface area contributed by atoms with Gasteiger partial charge in [0.05, 0.1) is 18.2 Å². The number of carbonyl (C=O) groups excluding carboxylic acids is 2. The number of hydrogen-bond donors (Lipinski definition) is 0. The van der Waals surface area contributed by atoms with Crippen molar-refractivity contribution in [3.63, 3.8) is 0 Å². The third-order valence-corrected chi connectivity index (χ3v) is 1.30. The first-order valence-corrected chi connectivity index (χ1v) is 3.19. The molecule has 1 rings (SSSR count). The summed E-state index contributed by atoms with van der Waals surface area (Å²) >= 11 is 0. The third kappa shape index (κ3) is 1.73. The van der Waals surface area contributed by atoms with Crippen molar-refractivity contribution < 1.29 is 9.59 Å². The zero-order valence-electron chi connectivity index (χ0n) is 6.15. The van der Waals surface area contributed by atoms with Crippen LogP contribution in [0.15, 0.2) is 12.4 Å². The maximum atomic E-state index is 11.0. The predicted molar refractivity (Wildman–Crippen MR) is 38.2 cm³/mol. The molecule has 11 heavy (non-hydrogen) atoms. The van der Waals surface area contributed by atoms with Gasteiger partial charge < -0.3 is 4.79 Å². The van der Waals surface area contributed by atoms with Crippen molar-refractivity contribution in [3.8, 4) is 0 Å². The molecule has 0 N–H and O–H groups in total. The second-order valence-corrected chi connectivity index (χ2v) is 2.20. The van der Waals surface area contributed by atoms with E-state index in [0.29, 0.717) is 11.8 Å². The molecular weight excluding hydrogens is 144 g/mol. The van der Waals surface area contributed by atoms with Gasteiger partial charge >= 0.3 is 0 Å². The molecule has 0 atom stereocenters. The van der Waals surface area contributed by atoms with Crippen LogP contribution in [0.3, 0.4) is 0 Å². The topological polar surface area (TPSA) is 52.0 Å². The highest BCUT2D eigenvalue weighted by Crippen LogP contribution is 1.99. The minimum Gasteiger partial charge on any atom is -0.303 e. The molecule has 0 aromatic carbocycles. The second-order valence-electron chi connectivity index (χ2n) is 2.20. The highest BCUT2D eigenvalue weighted by atomic mass is 16.1. The lowest BCUT2D eigenvalue weighted by molar-refractivity contribution is -0.107. The van der Waals surface area contributed by atoms with Crippen LogP contribution in [0.5, 0.6) is 0 Å². The Morgan fingerprint density at radius 1 is 1.82 bits per heavy atom. The van der Waals surface area contributed by atoms with E-state index in [1.54, 1.807) is 13.2 Å². The van der Waals surface area contributed by atoms with Gasteiger partial charge in [-0.15, -0.1) is 0 Å². The normalized spacial score (nSPS) is 9.55. The zero-order chi connectivity index (χ0) is 8.27. The smallest absolute Gasteiger partial charge is 0.173 e. The van der Waals surface area contributed by atoms with Crippen molar-refractivity contribution >= 4 is 12.1 Å². The quantitative estimate of drug-likeness (QED) is 0.353. The van der Waals surface area contributed by atoms with Crippen molar-refractivity contribution in [2.45, 2.75) is 6.42 Å². The van der Waals surface area contributed by atoms with E-state index in [2.05, 4.69) is 5.10 Å².